The zero-order valence-electron chi connectivity index (χ0n) is 45.7. The van der Waals surface area contributed by atoms with Crippen LogP contribution in [-0.4, -0.2) is 26.0 Å². The second-order valence-corrected chi connectivity index (χ2v) is 20.7. The standard InChI is InChI=1S/C38H29N4O.C37H27N2O.Pt/c39-24-40-25-41(34-20-8-7-19-33(34)40)35-23-28(21-22-36(35)43)42-37-29(26-11-3-1-4-12-26)15-9-17-31(37)32-18-10-16-30(38(32)42)27-13-5-2-6-14-27;1-38(28-17-9-4-10-18-28)34-25-29(23-24-35(34)40)39-36-30(26-13-5-2-6-14-26)19-11-21-32(36)33-22-12-20-31(37(33)39)27-15-7-3-8-16-27;/h1-23,25,43H,24,39H2;2-25,40H,1H2;/q2*-1;+2. The molecule has 0 saturated heterocycles. The van der Waals surface area contributed by atoms with Crippen LogP contribution in [-0.2, 0) is 21.1 Å². The van der Waals surface area contributed by atoms with E-state index < -0.39 is 0 Å². The van der Waals surface area contributed by atoms with Crippen molar-refractivity contribution < 1.29 is 31.3 Å². The number of rotatable bonds is 10. The van der Waals surface area contributed by atoms with Crippen LogP contribution in [0.4, 0.5) is 28.4 Å². The fraction of sp³-hybridized carbons (Fsp3) is 0.0133. The number of nitrogens with two attached hydrogens (primary N) is 1. The van der Waals surface area contributed by atoms with Gasteiger partial charge in [-0.25, -0.2) is 0 Å². The zero-order valence-corrected chi connectivity index (χ0v) is 47.9. The molecule has 0 aliphatic carbocycles. The molecular formula is C75H56N6O2Pt. The van der Waals surface area contributed by atoms with Crippen LogP contribution in [0.5, 0.6) is 11.5 Å². The number of hydrogen-bond acceptors (Lipinski definition) is 6. The van der Waals surface area contributed by atoms with E-state index in [4.69, 9.17) is 5.73 Å². The van der Waals surface area contributed by atoms with Crippen LogP contribution in [0.1, 0.15) is 0 Å². The first-order valence-corrected chi connectivity index (χ1v) is 27.8. The Kier molecular flexibility index (Phi) is 14.4. The summed E-state index contributed by atoms with van der Waals surface area (Å²) in [6.45, 7) is 2.29. The van der Waals surface area contributed by atoms with Crippen LogP contribution in [0.25, 0.3) is 99.5 Å². The van der Waals surface area contributed by atoms with Crippen LogP contribution in [0.3, 0.4) is 0 Å². The molecule has 408 valence electrons. The van der Waals surface area contributed by atoms with Crippen molar-refractivity contribution in [3.05, 3.63) is 299 Å². The molecule has 0 radical (unpaired) electrons. The van der Waals surface area contributed by atoms with E-state index in [-0.39, 0.29) is 32.6 Å². The van der Waals surface area contributed by atoms with Gasteiger partial charge in [-0.1, -0.05) is 224 Å². The molecule has 9 heteroatoms. The van der Waals surface area contributed by atoms with Gasteiger partial charge < -0.3 is 39.8 Å². The Hall–Kier alpha value is -10.1. The summed E-state index contributed by atoms with van der Waals surface area (Å²) in [4.78, 5) is 5.79. The number of nitrogens with zero attached hydrogens (tertiary/aromatic N) is 5. The van der Waals surface area contributed by atoms with Gasteiger partial charge in [0.25, 0.3) is 0 Å². The molecule has 4 N–H and O–H groups in total. The maximum Gasteiger partial charge on any atom is 2.00 e. The molecule has 1 aliphatic heterocycles. The van der Waals surface area contributed by atoms with Gasteiger partial charge in [-0.05, 0) is 82.9 Å². The van der Waals surface area contributed by atoms with Gasteiger partial charge in [0.05, 0.1) is 33.4 Å². The van der Waals surface area contributed by atoms with Crippen molar-refractivity contribution in [3.8, 4) is 67.4 Å². The van der Waals surface area contributed by atoms with Crippen molar-refractivity contribution in [1.82, 2.24) is 9.13 Å². The van der Waals surface area contributed by atoms with E-state index >= 15 is 0 Å². The van der Waals surface area contributed by atoms with Crippen LogP contribution in [0.15, 0.2) is 285 Å². The largest absolute Gasteiger partial charge is 2.00 e. The third-order valence-electron chi connectivity index (χ3n) is 15.9. The molecule has 0 fully saturated rings. The van der Waals surface area contributed by atoms with Crippen LogP contribution < -0.4 is 20.4 Å². The minimum atomic E-state index is 0. The average molecular weight is 1270 g/mol. The summed E-state index contributed by atoms with van der Waals surface area (Å²) in [6, 6.07) is 97.9. The fourth-order valence-corrected chi connectivity index (χ4v) is 12.1. The molecule has 1 aliphatic rings. The van der Waals surface area contributed by atoms with Gasteiger partial charge in [0.2, 0.25) is 0 Å². The number of aromatic nitrogens is 2. The van der Waals surface area contributed by atoms with E-state index in [9.17, 15) is 10.2 Å². The summed E-state index contributed by atoms with van der Waals surface area (Å²) >= 11 is 0. The number of phenolic OH excluding ortho intramolecular Hbond substituents is 2. The molecule has 2 aromatic heterocycles. The minimum absolute atomic E-state index is 0. The molecule has 0 unspecified atom stereocenters. The summed E-state index contributed by atoms with van der Waals surface area (Å²) in [6.07, 6.45) is 0. The van der Waals surface area contributed by atoms with Crippen molar-refractivity contribution in [2.75, 3.05) is 21.4 Å². The third kappa shape index (κ3) is 9.32. The summed E-state index contributed by atoms with van der Waals surface area (Å²) in [5.41, 5.74) is 25.9. The Morgan fingerprint density at radius 1 is 0.369 bits per heavy atom. The number of para-hydroxylation sites is 7. The molecule has 0 bridgehead atoms. The summed E-state index contributed by atoms with van der Waals surface area (Å²) in [5, 5.41) is 26.9. The number of aromatic hydroxyl groups is 2. The Labute approximate surface area is 502 Å². The molecule has 0 amide bonds. The van der Waals surface area contributed by atoms with E-state index in [0.717, 1.165) is 95.0 Å². The van der Waals surface area contributed by atoms with E-state index in [1.807, 2.05) is 107 Å². The molecule has 84 heavy (non-hydrogen) atoms. The predicted molar refractivity (Wildman–Crippen MR) is 345 cm³/mol. The maximum atomic E-state index is 11.2. The molecular weight excluding hydrogens is 1210 g/mol. The normalized spacial score (nSPS) is 11.9. The molecule has 14 aromatic rings. The van der Waals surface area contributed by atoms with Crippen LogP contribution in [0, 0.1) is 13.7 Å². The van der Waals surface area contributed by atoms with Crippen molar-refractivity contribution in [2.45, 2.75) is 0 Å². The Morgan fingerprint density at radius 3 is 1.13 bits per heavy atom. The van der Waals surface area contributed by atoms with Crippen molar-refractivity contribution in [2.24, 2.45) is 5.73 Å². The Balaban J connectivity index is 0.000000155. The average Bonchev–Trinajstić information content (AvgIpc) is 2.86. The Bertz CT molecular complexity index is 4490. The van der Waals surface area contributed by atoms with Gasteiger partial charge in [0.1, 0.15) is 11.5 Å². The topological polar surface area (TPSA) is 86.1 Å². The smallest absolute Gasteiger partial charge is 0.506 e. The molecule has 0 atom stereocenters. The van der Waals surface area contributed by atoms with Gasteiger partial charge in [-0.15, -0.1) is 6.67 Å². The second-order valence-electron chi connectivity index (χ2n) is 20.7. The van der Waals surface area contributed by atoms with Crippen LogP contribution in [0.2, 0.25) is 0 Å². The first-order valence-electron chi connectivity index (χ1n) is 27.8. The van der Waals surface area contributed by atoms with Crippen molar-refractivity contribution >= 4 is 72.0 Å². The quantitative estimate of drug-likeness (QED) is 0.118. The first kappa shape index (κ1) is 53.2. The van der Waals surface area contributed by atoms with E-state index in [0.29, 0.717) is 18.0 Å². The number of hydrogen-bond donors (Lipinski definition) is 3. The van der Waals surface area contributed by atoms with E-state index in [1.165, 1.54) is 21.5 Å². The fourth-order valence-electron chi connectivity index (χ4n) is 12.1. The first-order chi connectivity index (χ1) is 40.9. The monoisotopic (exact) mass is 1270 g/mol. The van der Waals surface area contributed by atoms with Crippen molar-refractivity contribution in [3.63, 3.8) is 0 Å². The molecule has 3 heterocycles. The Morgan fingerprint density at radius 2 is 0.726 bits per heavy atom. The van der Waals surface area contributed by atoms with Crippen LogP contribution >= 0.6 is 0 Å². The number of benzene rings is 12. The van der Waals surface area contributed by atoms with Crippen molar-refractivity contribution in [1.29, 1.82) is 0 Å². The second kappa shape index (κ2) is 22.7. The molecule has 12 aromatic carbocycles. The maximum absolute atomic E-state index is 11.2. The molecule has 0 spiro atoms. The summed E-state index contributed by atoms with van der Waals surface area (Å²) in [7, 11) is 4.28. The minimum Gasteiger partial charge on any atom is -0.506 e. The van der Waals surface area contributed by atoms with Gasteiger partial charge >= 0.3 is 21.1 Å². The predicted octanol–water partition coefficient (Wildman–Crippen LogP) is 18.6. The summed E-state index contributed by atoms with van der Waals surface area (Å²) in [5.74, 6) is 0.371. The van der Waals surface area contributed by atoms with Gasteiger partial charge in [-0.3, -0.25) is 7.05 Å². The van der Waals surface area contributed by atoms with E-state index in [1.54, 1.807) is 17.0 Å². The third-order valence-corrected chi connectivity index (χ3v) is 15.9. The zero-order chi connectivity index (χ0) is 56.0. The van der Waals surface area contributed by atoms with E-state index in [2.05, 4.69) is 198 Å². The van der Waals surface area contributed by atoms with Gasteiger partial charge in [0, 0.05) is 78.9 Å². The molecule has 15 rings (SSSR count). The SMILES string of the molecule is NCN1[CH-]N(c2cc(-n3c4c(-c5ccccc5)cccc4c4cccc(-c5ccccc5)c43)ccc2O)c2ccccc21.[CH2-]N(c1ccccc1)c1cc(-n2c3c(-c4ccccc4)cccc3c3cccc(-c4ccccc4)c32)ccc1O.[Pt+2]. The summed E-state index contributed by atoms with van der Waals surface area (Å²) < 4.78 is 4.71. The number of phenols is 2. The van der Waals surface area contributed by atoms with Gasteiger partial charge in [0.15, 0.2) is 0 Å². The molecule has 0 saturated carbocycles. The molecule has 8 nitrogen and oxygen atoms in total. The number of fused-ring (bicyclic) bond motifs is 7. The number of anilines is 5. The van der Waals surface area contributed by atoms with Gasteiger partial charge in [-0.2, -0.15) is 0 Å².